The lowest BCUT2D eigenvalue weighted by Crippen LogP contribution is -2.53. The van der Waals surface area contributed by atoms with E-state index >= 15 is 9.59 Å². The number of allylic oxidation sites excluding steroid dienone is 2. The van der Waals surface area contributed by atoms with Gasteiger partial charge < -0.3 is 14.3 Å². The van der Waals surface area contributed by atoms with Crippen LogP contribution in [0.3, 0.4) is 0 Å². The SMILES string of the molecule is COc1cc(C2C3=CCC4C(=O)N(c5ccc(-c6nc7ccccc7o6)cc5)C(=O)C4C3CC3C(=O)N(Nc4ccc(C)cc4)C(=O)C32c2ccccc2)cc(I)c1O. The van der Waals surface area contributed by atoms with E-state index in [0.717, 1.165) is 21.7 Å². The predicted molar refractivity (Wildman–Crippen MR) is 228 cm³/mol. The normalized spacial score (nSPS) is 24.9. The lowest BCUT2D eigenvalue weighted by Gasteiger charge is -2.50. The van der Waals surface area contributed by atoms with E-state index in [1.54, 1.807) is 30.3 Å². The van der Waals surface area contributed by atoms with Crippen LogP contribution >= 0.6 is 22.6 Å². The highest BCUT2D eigenvalue weighted by atomic mass is 127. The number of rotatable bonds is 7. The molecular formula is C47H37IN4O7. The van der Waals surface area contributed by atoms with E-state index in [9.17, 15) is 14.7 Å². The Labute approximate surface area is 352 Å². The molecule has 0 spiro atoms. The molecule has 1 saturated carbocycles. The molecule has 6 atom stereocenters. The highest BCUT2D eigenvalue weighted by Crippen LogP contribution is 2.64. The first-order valence-electron chi connectivity index (χ1n) is 19.5. The minimum Gasteiger partial charge on any atom is -0.504 e. The van der Waals surface area contributed by atoms with Crippen LogP contribution in [-0.2, 0) is 24.6 Å². The van der Waals surface area contributed by atoms with Gasteiger partial charge in [0.1, 0.15) is 5.52 Å². The average molecular weight is 897 g/mol. The molecule has 0 radical (unpaired) electrons. The molecule has 2 aliphatic heterocycles. The number of methoxy groups -OCH3 is 1. The lowest BCUT2D eigenvalue weighted by molar-refractivity contribution is -0.138. The van der Waals surface area contributed by atoms with Gasteiger partial charge >= 0.3 is 0 Å². The summed E-state index contributed by atoms with van der Waals surface area (Å²) in [5, 5.41) is 12.1. The third-order valence-electron chi connectivity index (χ3n) is 12.7. The molecule has 6 unspecified atom stereocenters. The number of hydrogen-bond donors (Lipinski definition) is 2. The molecule has 0 bridgehead atoms. The third-order valence-corrected chi connectivity index (χ3v) is 13.5. The van der Waals surface area contributed by atoms with Crippen LogP contribution in [0, 0.1) is 34.2 Å². The molecule has 1 aromatic heterocycles. The van der Waals surface area contributed by atoms with Gasteiger partial charge in [0.15, 0.2) is 17.1 Å². The van der Waals surface area contributed by atoms with Crippen LogP contribution in [0.2, 0.25) is 0 Å². The summed E-state index contributed by atoms with van der Waals surface area (Å²) < 4.78 is 12.1. The number of phenolic OH excluding ortho intramolecular Hbond substituents is 1. The number of nitrogens with one attached hydrogen (secondary N) is 1. The first kappa shape index (κ1) is 37.0. The van der Waals surface area contributed by atoms with Gasteiger partial charge in [0.2, 0.25) is 17.7 Å². The van der Waals surface area contributed by atoms with Crippen molar-refractivity contribution in [3.63, 3.8) is 0 Å². The van der Waals surface area contributed by atoms with Crippen LogP contribution in [0.4, 0.5) is 11.4 Å². The van der Waals surface area contributed by atoms with Crippen molar-refractivity contribution in [1.29, 1.82) is 0 Å². The number of phenols is 1. The molecule has 5 aromatic carbocycles. The van der Waals surface area contributed by atoms with Crippen LogP contribution in [0.25, 0.3) is 22.6 Å². The second-order valence-electron chi connectivity index (χ2n) is 15.7. The Balaban J connectivity index is 1.09. The lowest BCUT2D eigenvalue weighted by atomic mass is 9.49. The summed E-state index contributed by atoms with van der Waals surface area (Å²) in [5.41, 5.74) is 7.89. The zero-order valence-corrected chi connectivity index (χ0v) is 34.1. The van der Waals surface area contributed by atoms with Crippen LogP contribution in [-0.4, -0.2) is 45.8 Å². The maximum absolute atomic E-state index is 15.5. The molecule has 294 valence electrons. The van der Waals surface area contributed by atoms with E-state index in [0.29, 0.717) is 43.1 Å². The Bertz CT molecular complexity index is 2720. The fourth-order valence-corrected chi connectivity index (χ4v) is 10.7. The number of anilines is 2. The zero-order chi connectivity index (χ0) is 40.7. The number of amides is 4. The zero-order valence-electron chi connectivity index (χ0n) is 32.0. The summed E-state index contributed by atoms with van der Waals surface area (Å²) >= 11 is 2.04. The molecule has 6 aromatic rings. The number of hydrogen-bond acceptors (Lipinski definition) is 9. The highest BCUT2D eigenvalue weighted by Gasteiger charge is 2.70. The van der Waals surface area contributed by atoms with E-state index in [4.69, 9.17) is 9.15 Å². The summed E-state index contributed by atoms with van der Waals surface area (Å²) in [6.45, 7) is 1.96. The van der Waals surface area contributed by atoms with Crippen LogP contribution < -0.4 is 15.1 Å². The average Bonchev–Trinajstić information content (AvgIpc) is 3.87. The Morgan fingerprint density at radius 1 is 0.864 bits per heavy atom. The maximum atomic E-state index is 15.5. The van der Waals surface area contributed by atoms with Crippen LogP contribution in [0.5, 0.6) is 11.5 Å². The second-order valence-corrected chi connectivity index (χ2v) is 16.9. The van der Waals surface area contributed by atoms with Gasteiger partial charge in [-0.3, -0.25) is 29.5 Å². The van der Waals surface area contributed by atoms with Crippen molar-refractivity contribution >= 4 is 68.7 Å². The van der Waals surface area contributed by atoms with Crippen molar-refractivity contribution in [3.8, 4) is 23.0 Å². The van der Waals surface area contributed by atoms with Crippen molar-refractivity contribution in [3.05, 3.63) is 147 Å². The number of nitrogens with zero attached hydrogens (tertiary/aromatic N) is 3. The van der Waals surface area contributed by atoms with Crippen molar-refractivity contribution in [2.45, 2.75) is 31.1 Å². The van der Waals surface area contributed by atoms with Gasteiger partial charge in [0, 0.05) is 11.5 Å². The third kappa shape index (κ3) is 5.55. The Kier molecular flexibility index (Phi) is 8.74. The summed E-state index contributed by atoms with van der Waals surface area (Å²) in [6.07, 6.45) is 2.44. The van der Waals surface area contributed by atoms with Crippen LogP contribution in [0.1, 0.15) is 35.4 Å². The first-order chi connectivity index (χ1) is 28.6. The number of hydrazine groups is 1. The van der Waals surface area contributed by atoms with E-state index in [-0.39, 0.29) is 36.2 Å². The summed E-state index contributed by atoms with van der Waals surface area (Å²) in [4.78, 5) is 65.6. The number of imide groups is 2. The fourth-order valence-electron chi connectivity index (χ4n) is 10.0. The first-order valence-corrected chi connectivity index (χ1v) is 20.6. The molecule has 11 nitrogen and oxygen atoms in total. The molecule has 10 rings (SSSR count). The molecule has 59 heavy (non-hydrogen) atoms. The smallest absolute Gasteiger partial charge is 0.260 e. The van der Waals surface area contributed by atoms with Gasteiger partial charge in [-0.25, -0.2) is 4.98 Å². The van der Waals surface area contributed by atoms with Gasteiger partial charge in [0.05, 0.1) is 45.2 Å². The fraction of sp³-hybridized carbons (Fsp3) is 0.213. The number of oxazole rings is 1. The summed E-state index contributed by atoms with van der Waals surface area (Å²) in [6, 6.07) is 34.8. The van der Waals surface area contributed by atoms with Crippen molar-refractivity contribution < 1.29 is 33.4 Å². The van der Waals surface area contributed by atoms with E-state index < -0.39 is 46.8 Å². The topological polar surface area (TPSA) is 142 Å². The number of halogens is 1. The Hall–Kier alpha value is -6.28. The molecule has 3 heterocycles. The predicted octanol–water partition coefficient (Wildman–Crippen LogP) is 8.31. The van der Waals surface area contributed by atoms with Gasteiger partial charge in [-0.1, -0.05) is 71.8 Å². The highest BCUT2D eigenvalue weighted by molar-refractivity contribution is 14.1. The number of aromatic hydroxyl groups is 1. The summed E-state index contributed by atoms with van der Waals surface area (Å²) in [7, 11) is 1.47. The number of aromatic nitrogens is 1. The molecular weight excluding hydrogens is 859 g/mol. The number of fused-ring (bicyclic) bond motifs is 5. The molecule has 4 aliphatic rings. The van der Waals surface area contributed by atoms with Crippen LogP contribution in [0.15, 0.2) is 131 Å². The summed E-state index contributed by atoms with van der Waals surface area (Å²) in [5.74, 6) is -4.61. The number of aryl methyl sites for hydroxylation is 1. The van der Waals surface area contributed by atoms with Crippen molar-refractivity contribution in [2.75, 3.05) is 17.4 Å². The standard InChI is InChI=1S/C47H37IN4O7/c1-25-12-16-29(17-13-25)50-52-44(55)34-24-33-31(40(27-22-35(48)41(53)38(23-27)58-2)47(34,46(52)57)28-8-4-3-5-9-28)20-21-32-39(33)45(56)51(43(32)54)30-18-14-26(15-19-30)42-49-36-10-6-7-11-37(36)59-42/h3-20,22-23,32-34,39-40,50,53H,21,24H2,1-2H3. The Morgan fingerprint density at radius 3 is 2.32 bits per heavy atom. The molecule has 3 fully saturated rings. The monoisotopic (exact) mass is 896 g/mol. The van der Waals surface area contributed by atoms with E-state index in [1.165, 1.54) is 12.0 Å². The number of carbonyl (C=O) groups excluding carboxylic acids is 4. The number of ether oxygens (including phenoxy) is 1. The van der Waals surface area contributed by atoms with Crippen molar-refractivity contribution in [1.82, 2.24) is 9.99 Å². The maximum Gasteiger partial charge on any atom is 0.260 e. The van der Waals surface area contributed by atoms with Gasteiger partial charge in [0.25, 0.3) is 11.8 Å². The quantitative estimate of drug-likeness (QED) is 0.0920. The minimum atomic E-state index is -1.46. The number of benzene rings is 5. The van der Waals surface area contributed by atoms with Gasteiger partial charge in [-0.15, -0.1) is 0 Å². The molecule has 2 aliphatic carbocycles. The largest absolute Gasteiger partial charge is 0.504 e. The van der Waals surface area contributed by atoms with E-state index in [1.807, 2.05) is 121 Å². The minimum absolute atomic E-state index is 0.0435. The van der Waals surface area contributed by atoms with E-state index in [2.05, 4.69) is 10.4 Å². The molecule has 4 amide bonds. The molecule has 2 saturated heterocycles. The van der Waals surface area contributed by atoms with Crippen molar-refractivity contribution in [2.24, 2.45) is 23.7 Å². The molecule has 2 N–H and O–H groups in total. The second kappa shape index (κ2) is 13.9. The van der Waals surface area contributed by atoms with Gasteiger partial charge in [-0.2, -0.15) is 5.01 Å². The Morgan fingerprint density at radius 2 is 1.59 bits per heavy atom. The number of carbonyl (C=O) groups is 4. The number of para-hydroxylation sites is 2. The molecule has 12 heteroatoms. The van der Waals surface area contributed by atoms with Gasteiger partial charge in [-0.05, 0) is 120 Å².